The lowest BCUT2D eigenvalue weighted by molar-refractivity contribution is -0.463. The maximum atomic E-state index is 17.8. The molecule has 3 fully saturated rings. The highest BCUT2D eigenvalue weighted by Crippen LogP contribution is 2.57. The third-order valence-corrected chi connectivity index (χ3v) is 13.2. The van der Waals surface area contributed by atoms with Gasteiger partial charge in [0.25, 0.3) is 0 Å². The first-order valence-electron chi connectivity index (χ1n) is 22.0. The summed E-state index contributed by atoms with van der Waals surface area (Å²) in [4.78, 5) is 32.6. The van der Waals surface area contributed by atoms with Crippen LogP contribution in [0.5, 0.6) is 11.8 Å². The first-order chi connectivity index (χ1) is 32.3. The fraction of sp³-hybridized carbons (Fsp3) is 0.565. The van der Waals surface area contributed by atoms with Gasteiger partial charge in [-0.1, -0.05) is 18.9 Å². The number of rotatable bonds is 10. The number of aromatic nitrogens is 3. The Balaban J connectivity index is 1.25. The summed E-state index contributed by atoms with van der Waals surface area (Å²) >= 11 is 0. The molecule has 4 aliphatic heterocycles. The summed E-state index contributed by atoms with van der Waals surface area (Å²) < 4.78 is 186. The fourth-order valence-electron chi connectivity index (χ4n) is 10.4. The van der Waals surface area contributed by atoms with E-state index in [0.717, 1.165) is 6.07 Å². The normalized spacial score (nSPS) is 22.4. The number of amides is 1. The van der Waals surface area contributed by atoms with Gasteiger partial charge in [0.15, 0.2) is 12.6 Å². The molecule has 0 spiro atoms. The van der Waals surface area contributed by atoms with E-state index in [1.807, 2.05) is 11.8 Å². The Morgan fingerprint density at radius 2 is 1.64 bits per heavy atom. The van der Waals surface area contributed by atoms with Crippen molar-refractivity contribution in [3.63, 3.8) is 0 Å². The van der Waals surface area contributed by atoms with Crippen LogP contribution in [0.2, 0.25) is 0 Å². The number of carbonyl (C=O) groups is 1. The van der Waals surface area contributed by atoms with Crippen LogP contribution in [0.15, 0.2) is 24.3 Å². The van der Waals surface area contributed by atoms with Gasteiger partial charge in [0.05, 0.1) is 40.4 Å². The summed E-state index contributed by atoms with van der Waals surface area (Å²) in [6.45, 7) is 5.89. The zero-order valence-corrected chi connectivity index (χ0v) is 37.9. The van der Waals surface area contributed by atoms with Crippen LogP contribution < -0.4 is 14.4 Å². The lowest BCUT2D eigenvalue weighted by Gasteiger charge is -2.47. The maximum absolute atomic E-state index is 17.8. The second-order valence-corrected chi connectivity index (χ2v) is 18.6. The number of methoxy groups -OCH3 is 1. The minimum Gasteiger partial charge on any atom is -0.468 e. The van der Waals surface area contributed by atoms with Gasteiger partial charge in [-0.2, -0.15) is 49.5 Å². The van der Waals surface area contributed by atoms with E-state index in [1.54, 1.807) is 31.7 Å². The van der Waals surface area contributed by atoms with Crippen molar-refractivity contribution < 1.29 is 76.8 Å². The summed E-state index contributed by atoms with van der Waals surface area (Å²) in [5.74, 6) is 0.817. The number of ether oxygens (including phenoxy) is 5. The number of fused-ring (bicyclic) bond motifs is 4. The van der Waals surface area contributed by atoms with E-state index in [4.69, 9.17) is 35.3 Å². The average Bonchev–Trinajstić information content (AvgIpc) is 3.75. The Bertz CT molecular complexity index is 2650. The van der Waals surface area contributed by atoms with Gasteiger partial charge in [-0.3, -0.25) is 4.90 Å². The number of aryl methyl sites for hydroxylation is 1. The molecule has 8 rings (SSSR count). The Morgan fingerprint density at radius 1 is 0.928 bits per heavy atom. The number of piperazine rings is 1. The predicted molar refractivity (Wildman–Crippen MR) is 227 cm³/mol. The quantitative estimate of drug-likeness (QED) is 0.0861. The van der Waals surface area contributed by atoms with Gasteiger partial charge in [-0.25, -0.2) is 18.6 Å². The molecule has 4 aliphatic rings. The van der Waals surface area contributed by atoms with E-state index < -0.39 is 96.8 Å². The summed E-state index contributed by atoms with van der Waals surface area (Å²) in [5.41, 5.74) is -9.32. The van der Waals surface area contributed by atoms with Crippen molar-refractivity contribution in [2.24, 2.45) is 0 Å². The molecule has 0 bridgehead atoms. The minimum atomic E-state index is -6.93. The predicted octanol–water partition coefficient (Wildman–Crippen LogP) is 9.67. The number of hydrogen-bond acceptors (Lipinski definition) is 11. The molecule has 2 aromatic heterocycles. The molecule has 0 unspecified atom stereocenters. The Labute approximate surface area is 388 Å². The SMILES string of the molecule is C#Cc1c(F)ccc2cc(OCOC)cc(-c3nc4c5c(nc(OC[C@]67CCCN6C[C@H](OC(C(F)(F)F)(C(F)(F)F)C(F)(F)F)C7)nc5c3F)N3CCN(C(=O)OC(C)(C)C)[C@@H](CC)[C@H]3CC4)c12. The molecule has 6 heterocycles. The van der Waals surface area contributed by atoms with Gasteiger partial charge >= 0.3 is 36.2 Å². The molecule has 4 aromatic rings. The second-order valence-electron chi connectivity index (χ2n) is 18.6. The van der Waals surface area contributed by atoms with Crippen LogP contribution in [0.4, 0.5) is 58.9 Å². The van der Waals surface area contributed by atoms with Gasteiger partial charge in [-0.15, -0.1) is 6.42 Å². The second kappa shape index (κ2) is 17.7. The number of nitrogens with zero attached hydrogens (tertiary/aromatic N) is 6. The van der Waals surface area contributed by atoms with Crippen LogP contribution in [0.3, 0.4) is 0 Å². The standard InChI is InChI=1S/C46H47F11N6O6/c1-7-27-29(47)11-10-24-18-25(67-23-65-6)19-28(33(24)27)36-35(48)37-34-30(58-36)12-13-32-31(8-2)63(40(64)69-41(3,4)5)17-16-62(32)38(34)60-39(59-37)66-22-42-14-9-15-61(42)21-26(20-42)68-43(44(49,50)51,45(52,53)54)46(55,56)57/h1,10-11,18-19,26,31-32H,8-9,12-17,20-23H2,2-6H3/t26-,31+,32-,42-/m1/s1. The number of anilines is 1. The van der Waals surface area contributed by atoms with Crippen molar-refractivity contribution in [1.82, 2.24) is 24.8 Å². The number of benzene rings is 2. The number of pyridine rings is 1. The number of terminal acetylenes is 1. The molecule has 0 aliphatic carbocycles. The van der Waals surface area contributed by atoms with Gasteiger partial charge in [-0.05, 0) is 89.4 Å². The Kier molecular flexibility index (Phi) is 12.8. The van der Waals surface area contributed by atoms with Crippen molar-refractivity contribution in [3.05, 3.63) is 47.2 Å². The molecular formula is C46H47F11N6O6. The van der Waals surface area contributed by atoms with Gasteiger partial charge in [0, 0.05) is 37.7 Å². The third kappa shape index (κ3) is 8.67. The highest BCUT2D eigenvalue weighted by atomic mass is 19.4. The van der Waals surface area contributed by atoms with Crippen molar-refractivity contribution in [2.75, 3.05) is 51.6 Å². The van der Waals surface area contributed by atoms with Crippen LogP contribution in [0, 0.1) is 24.0 Å². The first-order valence-corrected chi connectivity index (χ1v) is 22.0. The maximum Gasteiger partial charge on any atom is 0.435 e. The van der Waals surface area contributed by atoms with Gasteiger partial charge < -0.3 is 33.5 Å². The number of carbonyl (C=O) groups excluding carboxylic acids is 1. The van der Waals surface area contributed by atoms with E-state index in [0.29, 0.717) is 30.3 Å². The smallest absolute Gasteiger partial charge is 0.435 e. The zero-order chi connectivity index (χ0) is 50.2. The minimum absolute atomic E-state index is 0.0129. The number of alkyl halides is 9. The molecule has 374 valence electrons. The van der Waals surface area contributed by atoms with Crippen LogP contribution in [-0.4, -0.2) is 131 Å². The van der Waals surface area contributed by atoms with Crippen molar-refractivity contribution >= 4 is 33.6 Å². The lowest BCUT2D eigenvalue weighted by atomic mass is 9.93. The third-order valence-electron chi connectivity index (χ3n) is 13.2. The van der Waals surface area contributed by atoms with E-state index in [-0.39, 0.29) is 83.9 Å². The van der Waals surface area contributed by atoms with Gasteiger partial charge in [0.2, 0.25) is 0 Å². The van der Waals surface area contributed by atoms with Crippen LogP contribution in [0.25, 0.3) is 32.9 Å². The van der Waals surface area contributed by atoms with Crippen molar-refractivity contribution in [3.8, 4) is 35.4 Å². The van der Waals surface area contributed by atoms with Crippen LogP contribution in [0.1, 0.15) is 71.1 Å². The lowest BCUT2D eigenvalue weighted by Crippen LogP contribution is -2.68. The van der Waals surface area contributed by atoms with E-state index >= 15 is 8.78 Å². The van der Waals surface area contributed by atoms with E-state index in [2.05, 4.69) is 15.6 Å². The summed E-state index contributed by atoms with van der Waals surface area (Å²) in [5, 5.41) is 0.624. The van der Waals surface area contributed by atoms with Gasteiger partial charge in [0.1, 0.15) is 40.8 Å². The Hall–Kier alpha value is -5.47. The highest BCUT2D eigenvalue weighted by molar-refractivity contribution is 6.03. The number of hydrogen-bond donors (Lipinski definition) is 0. The molecular weight excluding hydrogens is 942 g/mol. The van der Waals surface area contributed by atoms with Crippen molar-refractivity contribution in [2.45, 2.75) is 120 Å². The molecule has 0 saturated carbocycles. The zero-order valence-electron chi connectivity index (χ0n) is 37.9. The monoisotopic (exact) mass is 988 g/mol. The molecule has 0 N–H and O–H groups in total. The van der Waals surface area contributed by atoms with E-state index in [1.165, 1.54) is 24.1 Å². The summed E-state index contributed by atoms with van der Waals surface area (Å²) in [7, 11) is 1.38. The highest BCUT2D eigenvalue weighted by Gasteiger charge is 2.86. The molecule has 69 heavy (non-hydrogen) atoms. The number of halogens is 11. The Morgan fingerprint density at radius 3 is 2.28 bits per heavy atom. The molecule has 12 nitrogen and oxygen atoms in total. The summed E-state index contributed by atoms with van der Waals surface area (Å²) in [6, 6.07) is 4.05. The van der Waals surface area contributed by atoms with Crippen molar-refractivity contribution in [1.29, 1.82) is 0 Å². The van der Waals surface area contributed by atoms with E-state index in [9.17, 15) is 44.3 Å². The van der Waals surface area contributed by atoms with Crippen LogP contribution in [-0.2, 0) is 20.6 Å². The summed E-state index contributed by atoms with van der Waals surface area (Å²) in [6.07, 6.45) is -17.1. The average molecular weight is 989 g/mol. The largest absolute Gasteiger partial charge is 0.468 e. The molecule has 2 aromatic carbocycles. The molecule has 1 amide bonds. The topological polar surface area (TPSA) is 112 Å². The fourth-order valence-corrected chi connectivity index (χ4v) is 10.4. The molecule has 23 heteroatoms. The molecule has 0 radical (unpaired) electrons. The molecule has 3 saturated heterocycles. The van der Waals surface area contributed by atoms with Crippen LogP contribution >= 0.6 is 0 Å². The first kappa shape index (κ1) is 49.9. The molecule has 4 atom stereocenters.